The van der Waals surface area contributed by atoms with Crippen LogP contribution in [0.3, 0.4) is 0 Å². The van der Waals surface area contributed by atoms with Gasteiger partial charge in [0.1, 0.15) is 11.1 Å². The molecule has 21 heavy (non-hydrogen) atoms. The summed E-state index contributed by atoms with van der Waals surface area (Å²) in [5.74, 6) is 0.678. The normalized spacial score (nSPS) is 28.5. The van der Waals surface area contributed by atoms with Gasteiger partial charge in [0.25, 0.3) is 0 Å². The molecule has 0 aromatic rings. The highest BCUT2D eigenvalue weighted by atomic mass is 16.2. The molecule has 1 aliphatic carbocycles. The van der Waals surface area contributed by atoms with E-state index in [4.69, 9.17) is 0 Å². The van der Waals surface area contributed by atoms with Crippen molar-refractivity contribution in [2.75, 3.05) is 6.54 Å². The maximum atomic E-state index is 13.1. The second-order valence-electron chi connectivity index (χ2n) is 6.97. The van der Waals surface area contributed by atoms with Gasteiger partial charge in [0.2, 0.25) is 11.8 Å². The molecule has 0 bridgehead atoms. The van der Waals surface area contributed by atoms with Crippen molar-refractivity contribution in [3.05, 3.63) is 0 Å². The Kier molecular flexibility index (Phi) is 4.64. The summed E-state index contributed by atoms with van der Waals surface area (Å²) in [7, 11) is 0. The molecule has 1 N–H and O–H groups in total. The largest absolute Gasteiger partial charge is 0.340 e. The van der Waals surface area contributed by atoms with Crippen molar-refractivity contribution in [3.63, 3.8) is 0 Å². The number of hydrogen-bond donors (Lipinski definition) is 1. The Labute approximate surface area is 128 Å². The molecule has 0 aromatic carbocycles. The van der Waals surface area contributed by atoms with Gasteiger partial charge in [-0.15, -0.1) is 0 Å². The summed E-state index contributed by atoms with van der Waals surface area (Å²) in [6.07, 6.45) is 6.44. The lowest BCUT2D eigenvalue weighted by atomic mass is 9.82. The minimum atomic E-state index is -0.687. The number of carbonyl (C=O) groups is 2. The Morgan fingerprint density at radius 3 is 2.19 bits per heavy atom. The monoisotopic (exact) mass is 294 g/mol. The first-order valence-corrected chi connectivity index (χ1v) is 8.58. The van der Waals surface area contributed by atoms with E-state index < -0.39 is 11.1 Å². The predicted molar refractivity (Wildman–Crippen MR) is 83.8 cm³/mol. The van der Waals surface area contributed by atoms with Gasteiger partial charge in [0.15, 0.2) is 0 Å². The maximum Gasteiger partial charge on any atom is 0.249 e. The zero-order valence-electron chi connectivity index (χ0n) is 14.0. The molecule has 2 rings (SSSR count). The standard InChI is InChI=1S/C17H30N2O2/c1-5-13(6-2)12-19-15(21)17(10-8-9-11-17)18-14(20)16(19,4)7-3/h13H,5-12H2,1-4H3,(H,18,20). The number of nitrogens with zero attached hydrogens (tertiary/aromatic N) is 1. The molecule has 4 heteroatoms. The SMILES string of the molecule is CCC(CC)CN1C(=O)C2(CCCC2)NC(=O)C1(C)CC. The average molecular weight is 294 g/mol. The van der Waals surface area contributed by atoms with E-state index >= 15 is 0 Å². The van der Waals surface area contributed by atoms with Crippen LogP contribution in [0.5, 0.6) is 0 Å². The molecule has 120 valence electrons. The van der Waals surface area contributed by atoms with E-state index in [1.54, 1.807) is 0 Å². The van der Waals surface area contributed by atoms with Crippen molar-refractivity contribution in [3.8, 4) is 0 Å². The van der Waals surface area contributed by atoms with Gasteiger partial charge in [-0.05, 0) is 32.1 Å². The van der Waals surface area contributed by atoms with E-state index in [9.17, 15) is 9.59 Å². The summed E-state index contributed by atoms with van der Waals surface area (Å²) in [6, 6.07) is 0. The molecule has 1 unspecified atom stereocenters. The summed E-state index contributed by atoms with van der Waals surface area (Å²) in [6.45, 7) is 8.96. The van der Waals surface area contributed by atoms with Crippen molar-refractivity contribution in [2.45, 2.75) is 83.7 Å². The Bertz CT molecular complexity index is 411. The fourth-order valence-corrected chi connectivity index (χ4v) is 3.77. The van der Waals surface area contributed by atoms with Crippen molar-refractivity contribution in [1.29, 1.82) is 0 Å². The Morgan fingerprint density at radius 2 is 1.71 bits per heavy atom. The van der Waals surface area contributed by atoms with Crippen molar-refractivity contribution in [1.82, 2.24) is 10.2 Å². The first kappa shape index (κ1) is 16.3. The fraction of sp³-hybridized carbons (Fsp3) is 0.882. The van der Waals surface area contributed by atoms with Gasteiger partial charge in [-0.25, -0.2) is 0 Å². The van der Waals surface area contributed by atoms with E-state index in [0.29, 0.717) is 18.9 Å². The number of piperazine rings is 1. The molecular formula is C17H30N2O2. The smallest absolute Gasteiger partial charge is 0.249 e. The van der Waals surface area contributed by atoms with Crippen molar-refractivity contribution in [2.24, 2.45) is 5.92 Å². The molecule has 1 spiro atoms. The zero-order chi connectivity index (χ0) is 15.7. The molecular weight excluding hydrogens is 264 g/mol. The summed E-state index contributed by atoms with van der Waals surface area (Å²) >= 11 is 0. The van der Waals surface area contributed by atoms with Crippen molar-refractivity contribution >= 4 is 11.8 Å². The number of rotatable bonds is 5. The molecule has 1 aliphatic heterocycles. The van der Waals surface area contributed by atoms with Crippen LogP contribution < -0.4 is 5.32 Å². The minimum absolute atomic E-state index is 0.0393. The van der Waals surface area contributed by atoms with Gasteiger partial charge in [-0.1, -0.05) is 46.5 Å². The highest BCUT2D eigenvalue weighted by Gasteiger charge is 2.56. The van der Waals surface area contributed by atoms with E-state index in [0.717, 1.165) is 38.5 Å². The summed E-state index contributed by atoms with van der Waals surface area (Å²) in [5, 5.41) is 3.09. The van der Waals surface area contributed by atoms with Crippen LogP contribution in [-0.4, -0.2) is 34.3 Å². The average Bonchev–Trinajstić information content (AvgIpc) is 2.95. The number of carbonyl (C=O) groups excluding carboxylic acids is 2. The van der Waals surface area contributed by atoms with Gasteiger partial charge in [-0.2, -0.15) is 0 Å². The molecule has 1 saturated carbocycles. The van der Waals surface area contributed by atoms with E-state index in [1.165, 1.54) is 0 Å². The topological polar surface area (TPSA) is 49.4 Å². The van der Waals surface area contributed by atoms with Crippen LogP contribution in [0.1, 0.15) is 72.6 Å². The van der Waals surface area contributed by atoms with Crippen LogP contribution in [0.2, 0.25) is 0 Å². The Morgan fingerprint density at radius 1 is 1.14 bits per heavy atom. The third-order valence-corrected chi connectivity index (χ3v) is 5.83. The van der Waals surface area contributed by atoms with E-state index in [-0.39, 0.29) is 11.8 Å². The van der Waals surface area contributed by atoms with Crippen LogP contribution in [0.4, 0.5) is 0 Å². The first-order chi connectivity index (χ1) is 9.93. The quantitative estimate of drug-likeness (QED) is 0.847. The lowest BCUT2D eigenvalue weighted by molar-refractivity contribution is -0.163. The van der Waals surface area contributed by atoms with Gasteiger partial charge in [0, 0.05) is 6.54 Å². The van der Waals surface area contributed by atoms with Gasteiger partial charge in [-0.3, -0.25) is 9.59 Å². The van der Waals surface area contributed by atoms with Crippen LogP contribution in [0.25, 0.3) is 0 Å². The third-order valence-electron chi connectivity index (χ3n) is 5.83. The van der Waals surface area contributed by atoms with Gasteiger partial charge < -0.3 is 10.2 Å². The van der Waals surface area contributed by atoms with Crippen LogP contribution in [0.15, 0.2) is 0 Å². The Balaban J connectivity index is 2.33. The maximum absolute atomic E-state index is 13.1. The molecule has 0 radical (unpaired) electrons. The van der Waals surface area contributed by atoms with E-state index in [1.807, 2.05) is 18.7 Å². The lowest BCUT2D eigenvalue weighted by Gasteiger charge is -2.51. The Hall–Kier alpha value is -1.06. The summed E-state index contributed by atoms with van der Waals surface area (Å²) in [4.78, 5) is 27.8. The number of hydrogen-bond acceptors (Lipinski definition) is 2. The van der Waals surface area contributed by atoms with Gasteiger partial charge >= 0.3 is 0 Å². The highest BCUT2D eigenvalue weighted by molar-refractivity contribution is 6.02. The van der Waals surface area contributed by atoms with Crippen LogP contribution >= 0.6 is 0 Å². The molecule has 2 fully saturated rings. The summed E-state index contributed by atoms with van der Waals surface area (Å²) in [5.41, 5.74) is -1.29. The second kappa shape index (κ2) is 5.98. The number of amides is 2. The molecule has 1 atom stereocenters. The van der Waals surface area contributed by atoms with E-state index in [2.05, 4.69) is 19.2 Å². The highest BCUT2D eigenvalue weighted by Crippen LogP contribution is 2.39. The second-order valence-corrected chi connectivity index (χ2v) is 6.97. The predicted octanol–water partition coefficient (Wildman–Crippen LogP) is 2.86. The third kappa shape index (κ3) is 2.58. The minimum Gasteiger partial charge on any atom is -0.340 e. The number of nitrogens with one attached hydrogen (secondary N) is 1. The van der Waals surface area contributed by atoms with Gasteiger partial charge in [0.05, 0.1) is 0 Å². The van der Waals surface area contributed by atoms with Crippen LogP contribution in [-0.2, 0) is 9.59 Å². The molecule has 0 aromatic heterocycles. The first-order valence-electron chi connectivity index (χ1n) is 8.58. The molecule has 2 aliphatic rings. The lowest BCUT2D eigenvalue weighted by Crippen LogP contribution is -2.74. The van der Waals surface area contributed by atoms with Crippen molar-refractivity contribution < 1.29 is 9.59 Å². The van der Waals surface area contributed by atoms with Crippen LogP contribution in [0, 0.1) is 5.92 Å². The fourth-order valence-electron chi connectivity index (χ4n) is 3.77. The molecule has 4 nitrogen and oxygen atoms in total. The molecule has 2 amide bonds. The molecule has 1 heterocycles. The molecule has 1 saturated heterocycles. The zero-order valence-corrected chi connectivity index (χ0v) is 14.0. The summed E-state index contributed by atoms with van der Waals surface area (Å²) < 4.78 is 0.